The van der Waals surface area contributed by atoms with Crippen LogP contribution in [0, 0.1) is 5.82 Å². The van der Waals surface area contributed by atoms with Gasteiger partial charge in [-0.2, -0.15) is 0 Å². The molecule has 0 aliphatic carbocycles. The standard InChI is InChI=1S/C15H14BrClFN/c1-10(13-4-2-3-5-15(13)18)19-9-11-8-12(17)6-7-14(11)16/h2-8,10,19H,9H2,1H3. The van der Waals surface area contributed by atoms with E-state index >= 15 is 0 Å². The largest absolute Gasteiger partial charge is 0.306 e. The normalized spacial score (nSPS) is 12.4. The molecule has 1 N–H and O–H groups in total. The predicted molar refractivity (Wildman–Crippen MR) is 80.8 cm³/mol. The third kappa shape index (κ3) is 3.78. The first-order chi connectivity index (χ1) is 9.08. The van der Waals surface area contributed by atoms with Crippen LogP contribution in [0.4, 0.5) is 4.39 Å². The van der Waals surface area contributed by atoms with Crippen LogP contribution < -0.4 is 5.32 Å². The highest BCUT2D eigenvalue weighted by Gasteiger charge is 2.10. The van der Waals surface area contributed by atoms with Gasteiger partial charge >= 0.3 is 0 Å². The Hall–Kier alpha value is -0.900. The monoisotopic (exact) mass is 341 g/mol. The molecule has 2 aromatic carbocycles. The van der Waals surface area contributed by atoms with Gasteiger partial charge in [0.2, 0.25) is 0 Å². The van der Waals surface area contributed by atoms with Gasteiger partial charge in [0, 0.05) is 27.6 Å². The molecule has 4 heteroatoms. The maximum Gasteiger partial charge on any atom is 0.127 e. The Morgan fingerprint density at radius 2 is 2.00 bits per heavy atom. The molecule has 0 spiro atoms. The first kappa shape index (κ1) is 14.5. The lowest BCUT2D eigenvalue weighted by Gasteiger charge is -2.15. The fraction of sp³-hybridized carbons (Fsp3) is 0.200. The lowest BCUT2D eigenvalue weighted by atomic mass is 10.1. The number of nitrogens with one attached hydrogen (secondary N) is 1. The second kappa shape index (κ2) is 6.51. The smallest absolute Gasteiger partial charge is 0.127 e. The molecule has 0 radical (unpaired) electrons. The average molecular weight is 343 g/mol. The van der Waals surface area contributed by atoms with Crippen molar-refractivity contribution in [3.05, 3.63) is 68.9 Å². The topological polar surface area (TPSA) is 12.0 Å². The Balaban J connectivity index is 2.06. The summed E-state index contributed by atoms with van der Waals surface area (Å²) in [5.74, 6) is -0.187. The number of benzene rings is 2. The maximum atomic E-state index is 13.6. The minimum absolute atomic E-state index is 0.0629. The number of rotatable bonds is 4. The Morgan fingerprint density at radius 1 is 1.26 bits per heavy atom. The average Bonchev–Trinajstić information content (AvgIpc) is 2.40. The molecule has 0 aromatic heterocycles. The van der Waals surface area contributed by atoms with Crippen LogP contribution in [0.5, 0.6) is 0 Å². The van der Waals surface area contributed by atoms with Crippen LogP contribution in [0.2, 0.25) is 5.02 Å². The van der Waals surface area contributed by atoms with Crippen LogP contribution in [-0.4, -0.2) is 0 Å². The van der Waals surface area contributed by atoms with Crippen molar-refractivity contribution in [3.63, 3.8) is 0 Å². The predicted octanol–water partition coefficient (Wildman–Crippen LogP) is 5.09. The fourth-order valence-corrected chi connectivity index (χ4v) is 2.46. The Labute approximate surface area is 125 Å². The number of hydrogen-bond donors (Lipinski definition) is 1. The van der Waals surface area contributed by atoms with E-state index in [1.165, 1.54) is 6.07 Å². The van der Waals surface area contributed by atoms with E-state index in [1.807, 2.05) is 31.2 Å². The van der Waals surface area contributed by atoms with Gasteiger partial charge in [-0.25, -0.2) is 4.39 Å². The van der Waals surface area contributed by atoms with E-state index in [2.05, 4.69) is 21.2 Å². The summed E-state index contributed by atoms with van der Waals surface area (Å²) in [5, 5.41) is 3.99. The van der Waals surface area contributed by atoms with Gasteiger partial charge in [-0.15, -0.1) is 0 Å². The van der Waals surface area contributed by atoms with Crippen molar-refractivity contribution >= 4 is 27.5 Å². The van der Waals surface area contributed by atoms with Gasteiger partial charge in [-0.05, 0) is 36.8 Å². The zero-order valence-electron chi connectivity index (χ0n) is 10.5. The minimum atomic E-state index is -0.187. The molecular weight excluding hydrogens is 329 g/mol. The third-order valence-electron chi connectivity index (χ3n) is 2.98. The van der Waals surface area contributed by atoms with Crippen LogP contribution in [0.15, 0.2) is 46.9 Å². The molecular formula is C15H14BrClFN. The van der Waals surface area contributed by atoms with E-state index in [0.29, 0.717) is 17.1 Å². The van der Waals surface area contributed by atoms with Crippen molar-refractivity contribution in [1.82, 2.24) is 5.32 Å². The van der Waals surface area contributed by atoms with Gasteiger partial charge in [0.25, 0.3) is 0 Å². The Morgan fingerprint density at radius 3 is 2.74 bits per heavy atom. The molecule has 0 saturated heterocycles. The highest BCUT2D eigenvalue weighted by Crippen LogP contribution is 2.22. The van der Waals surface area contributed by atoms with Crippen molar-refractivity contribution in [2.45, 2.75) is 19.5 Å². The minimum Gasteiger partial charge on any atom is -0.306 e. The van der Waals surface area contributed by atoms with Gasteiger partial charge in [0.05, 0.1) is 0 Å². The van der Waals surface area contributed by atoms with E-state index in [0.717, 1.165) is 10.0 Å². The third-order valence-corrected chi connectivity index (χ3v) is 3.99. The molecule has 0 saturated carbocycles. The number of hydrogen-bond acceptors (Lipinski definition) is 1. The summed E-state index contributed by atoms with van der Waals surface area (Å²) in [6.45, 7) is 2.56. The van der Waals surface area contributed by atoms with E-state index in [-0.39, 0.29) is 11.9 Å². The van der Waals surface area contributed by atoms with Gasteiger partial charge in [-0.3, -0.25) is 0 Å². The van der Waals surface area contributed by atoms with Crippen LogP contribution in [0.3, 0.4) is 0 Å². The summed E-state index contributed by atoms with van der Waals surface area (Å²) < 4.78 is 14.6. The highest BCUT2D eigenvalue weighted by atomic mass is 79.9. The van der Waals surface area contributed by atoms with Crippen molar-refractivity contribution in [3.8, 4) is 0 Å². The molecule has 0 fully saturated rings. The fourth-order valence-electron chi connectivity index (χ4n) is 1.88. The van der Waals surface area contributed by atoms with E-state index in [1.54, 1.807) is 12.1 Å². The van der Waals surface area contributed by atoms with Crippen LogP contribution in [-0.2, 0) is 6.54 Å². The van der Waals surface area contributed by atoms with E-state index < -0.39 is 0 Å². The van der Waals surface area contributed by atoms with Gasteiger partial charge in [0.15, 0.2) is 0 Å². The van der Waals surface area contributed by atoms with Crippen molar-refractivity contribution in [1.29, 1.82) is 0 Å². The second-order valence-electron chi connectivity index (χ2n) is 4.36. The Kier molecular flexibility index (Phi) is 4.97. The molecule has 100 valence electrons. The first-order valence-electron chi connectivity index (χ1n) is 5.99. The molecule has 0 amide bonds. The van der Waals surface area contributed by atoms with Crippen molar-refractivity contribution < 1.29 is 4.39 Å². The van der Waals surface area contributed by atoms with Crippen LogP contribution in [0.1, 0.15) is 24.1 Å². The summed E-state index contributed by atoms with van der Waals surface area (Å²) >= 11 is 9.44. The van der Waals surface area contributed by atoms with E-state index in [9.17, 15) is 4.39 Å². The second-order valence-corrected chi connectivity index (χ2v) is 5.65. The lowest BCUT2D eigenvalue weighted by molar-refractivity contribution is 0.528. The molecule has 2 aromatic rings. The van der Waals surface area contributed by atoms with Crippen molar-refractivity contribution in [2.24, 2.45) is 0 Å². The molecule has 1 atom stereocenters. The van der Waals surface area contributed by atoms with Gasteiger partial charge in [-0.1, -0.05) is 45.7 Å². The SMILES string of the molecule is CC(NCc1cc(Cl)ccc1Br)c1ccccc1F. The zero-order chi connectivity index (χ0) is 13.8. The molecule has 2 rings (SSSR count). The van der Waals surface area contributed by atoms with Crippen molar-refractivity contribution in [2.75, 3.05) is 0 Å². The van der Waals surface area contributed by atoms with Crippen LogP contribution >= 0.6 is 27.5 Å². The summed E-state index contributed by atoms with van der Waals surface area (Å²) in [6.07, 6.45) is 0. The quantitative estimate of drug-likeness (QED) is 0.816. The maximum absolute atomic E-state index is 13.6. The highest BCUT2D eigenvalue weighted by molar-refractivity contribution is 9.10. The van der Waals surface area contributed by atoms with Gasteiger partial charge in [0.1, 0.15) is 5.82 Å². The number of halogens is 3. The molecule has 1 nitrogen and oxygen atoms in total. The zero-order valence-corrected chi connectivity index (χ0v) is 12.8. The molecule has 0 bridgehead atoms. The summed E-state index contributed by atoms with van der Waals surface area (Å²) in [6, 6.07) is 12.4. The molecule has 1 unspecified atom stereocenters. The lowest BCUT2D eigenvalue weighted by Crippen LogP contribution is -2.19. The molecule has 0 heterocycles. The summed E-state index contributed by atoms with van der Waals surface area (Å²) in [7, 11) is 0. The summed E-state index contributed by atoms with van der Waals surface area (Å²) in [4.78, 5) is 0. The van der Waals surface area contributed by atoms with Crippen LogP contribution in [0.25, 0.3) is 0 Å². The first-order valence-corrected chi connectivity index (χ1v) is 7.17. The molecule has 0 aliphatic heterocycles. The molecule has 19 heavy (non-hydrogen) atoms. The van der Waals surface area contributed by atoms with Gasteiger partial charge < -0.3 is 5.32 Å². The Bertz CT molecular complexity index is 574. The van der Waals surface area contributed by atoms with E-state index in [4.69, 9.17) is 11.6 Å². The molecule has 0 aliphatic rings. The summed E-state index contributed by atoms with van der Waals surface area (Å²) in [5.41, 5.74) is 1.72.